The first-order valence-corrected chi connectivity index (χ1v) is 5.33. The fourth-order valence-electron chi connectivity index (χ4n) is 1.32. The molecule has 1 aliphatic carbocycles. The number of esters is 1. The van der Waals surface area contributed by atoms with Gasteiger partial charge < -0.3 is 4.74 Å². The second kappa shape index (κ2) is 4.84. The molecule has 0 N–H and O–H groups in total. The molecule has 0 radical (unpaired) electrons. The first-order chi connectivity index (χ1) is 5.74. The number of carbonyl (C=O) groups is 1. The molecule has 68 valence electrons. The van der Waals surface area contributed by atoms with Crippen molar-refractivity contribution in [3.05, 3.63) is 9.66 Å². The van der Waals surface area contributed by atoms with Gasteiger partial charge in [0, 0.05) is 0 Å². The maximum absolute atomic E-state index is 11.3. The van der Waals surface area contributed by atoms with Gasteiger partial charge in [0.25, 0.3) is 0 Å². The molecule has 0 heterocycles. The minimum absolute atomic E-state index is 0.0280. The molecule has 0 aliphatic heterocycles. The Hall–Kier alpha value is -0.0600. The zero-order chi connectivity index (χ0) is 8.97. The summed E-state index contributed by atoms with van der Waals surface area (Å²) in [5.41, 5.74) is 0. The maximum atomic E-state index is 11.3. The largest absolute Gasteiger partial charge is 0.466 e. The van der Waals surface area contributed by atoms with Crippen LogP contribution >= 0.6 is 22.6 Å². The average Bonchev–Trinajstić information content (AvgIpc) is 2.05. The summed E-state index contributed by atoms with van der Waals surface area (Å²) >= 11 is 2.29. The molecule has 0 amide bonds. The van der Waals surface area contributed by atoms with Crippen LogP contribution in [0.2, 0.25) is 0 Å². The van der Waals surface area contributed by atoms with Gasteiger partial charge in [-0.1, -0.05) is 6.08 Å². The Kier molecular flexibility index (Phi) is 4.05. The molecule has 0 aromatic heterocycles. The smallest absolute Gasteiger partial charge is 0.309 e. The van der Waals surface area contributed by atoms with Gasteiger partial charge in [0.1, 0.15) is 0 Å². The number of hydrogen-bond donors (Lipinski definition) is 0. The molecule has 0 fully saturated rings. The van der Waals surface area contributed by atoms with Crippen LogP contribution in [0.1, 0.15) is 26.2 Å². The van der Waals surface area contributed by atoms with Crippen molar-refractivity contribution in [1.29, 1.82) is 0 Å². The van der Waals surface area contributed by atoms with Gasteiger partial charge in [-0.25, -0.2) is 0 Å². The van der Waals surface area contributed by atoms with E-state index in [2.05, 4.69) is 28.7 Å². The molecule has 1 unspecified atom stereocenters. The van der Waals surface area contributed by atoms with Crippen molar-refractivity contribution < 1.29 is 9.53 Å². The van der Waals surface area contributed by atoms with E-state index in [0.29, 0.717) is 6.61 Å². The number of carbonyl (C=O) groups excluding carboxylic acids is 1. The number of rotatable bonds is 2. The first-order valence-electron chi connectivity index (χ1n) is 4.25. The van der Waals surface area contributed by atoms with Crippen LogP contribution in [-0.2, 0) is 9.53 Å². The Labute approximate surface area is 86.5 Å². The molecule has 3 heteroatoms. The summed E-state index contributed by atoms with van der Waals surface area (Å²) in [6, 6.07) is 0. The number of allylic oxidation sites excluding steroid dienone is 2. The van der Waals surface area contributed by atoms with Crippen molar-refractivity contribution >= 4 is 28.6 Å². The Morgan fingerprint density at radius 2 is 2.58 bits per heavy atom. The predicted octanol–water partition coefficient (Wildman–Crippen LogP) is 2.67. The summed E-state index contributed by atoms with van der Waals surface area (Å²) in [6.07, 6.45) is 5.03. The molecule has 2 nitrogen and oxygen atoms in total. The van der Waals surface area contributed by atoms with Gasteiger partial charge in [-0.2, -0.15) is 0 Å². The third-order valence-corrected chi connectivity index (χ3v) is 2.82. The molecule has 1 aliphatic rings. The van der Waals surface area contributed by atoms with Crippen LogP contribution < -0.4 is 0 Å². The van der Waals surface area contributed by atoms with Crippen LogP contribution in [0.25, 0.3) is 0 Å². The van der Waals surface area contributed by atoms with Crippen molar-refractivity contribution in [2.75, 3.05) is 6.61 Å². The summed E-state index contributed by atoms with van der Waals surface area (Å²) in [5.74, 6) is 0.0848. The fourth-order valence-corrected chi connectivity index (χ4v) is 2.17. The number of hydrogen-bond acceptors (Lipinski definition) is 2. The highest BCUT2D eigenvalue weighted by Crippen LogP contribution is 2.28. The van der Waals surface area contributed by atoms with Crippen molar-refractivity contribution in [3.8, 4) is 0 Å². The van der Waals surface area contributed by atoms with Gasteiger partial charge in [0.05, 0.1) is 12.5 Å². The van der Waals surface area contributed by atoms with Gasteiger partial charge in [0.15, 0.2) is 0 Å². The molecular weight excluding hydrogens is 267 g/mol. The van der Waals surface area contributed by atoms with E-state index in [9.17, 15) is 4.79 Å². The molecule has 0 spiro atoms. The standard InChI is InChI=1S/C9H13IO2/c1-2-12-9(11)7-4-3-5-8(10)6-7/h5,7H,2-4,6H2,1H3. The molecule has 1 atom stereocenters. The van der Waals surface area contributed by atoms with Crippen LogP contribution in [0.3, 0.4) is 0 Å². The van der Waals surface area contributed by atoms with E-state index in [-0.39, 0.29) is 11.9 Å². The normalized spacial score (nSPS) is 23.2. The highest BCUT2D eigenvalue weighted by molar-refractivity contribution is 14.1. The average molecular weight is 280 g/mol. The van der Waals surface area contributed by atoms with E-state index in [1.54, 1.807) is 0 Å². The molecule has 0 saturated carbocycles. The van der Waals surface area contributed by atoms with Crippen LogP contribution in [0.15, 0.2) is 9.66 Å². The Morgan fingerprint density at radius 3 is 3.17 bits per heavy atom. The second-order valence-corrected chi connectivity index (χ2v) is 4.27. The third-order valence-electron chi connectivity index (χ3n) is 1.94. The third kappa shape index (κ3) is 2.77. The Bertz CT molecular complexity index is 199. The van der Waals surface area contributed by atoms with Gasteiger partial charge in [0.2, 0.25) is 0 Å². The lowest BCUT2D eigenvalue weighted by molar-refractivity contribution is -0.148. The summed E-state index contributed by atoms with van der Waals surface area (Å²) in [6.45, 7) is 2.34. The minimum Gasteiger partial charge on any atom is -0.466 e. The SMILES string of the molecule is CCOC(=O)C1CCC=C(I)C1. The summed E-state index contributed by atoms with van der Waals surface area (Å²) in [7, 11) is 0. The second-order valence-electron chi connectivity index (χ2n) is 2.88. The van der Waals surface area contributed by atoms with Crippen molar-refractivity contribution in [3.63, 3.8) is 0 Å². The van der Waals surface area contributed by atoms with Crippen LogP contribution in [0.4, 0.5) is 0 Å². The minimum atomic E-state index is -0.0280. The molecular formula is C9H13IO2. The highest BCUT2D eigenvalue weighted by atomic mass is 127. The van der Waals surface area contributed by atoms with Crippen molar-refractivity contribution in [2.45, 2.75) is 26.2 Å². The van der Waals surface area contributed by atoms with Crippen molar-refractivity contribution in [1.82, 2.24) is 0 Å². The van der Waals surface area contributed by atoms with Gasteiger partial charge >= 0.3 is 5.97 Å². The predicted molar refractivity (Wildman–Crippen MR) is 56.1 cm³/mol. The van der Waals surface area contributed by atoms with E-state index in [0.717, 1.165) is 19.3 Å². The lowest BCUT2D eigenvalue weighted by Gasteiger charge is -2.17. The first kappa shape index (κ1) is 10.0. The van der Waals surface area contributed by atoms with Crippen LogP contribution in [0, 0.1) is 5.92 Å². The maximum Gasteiger partial charge on any atom is 0.309 e. The van der Waals surface area contributed by atoms with Gasteiger partial charge in [-0.3, -0.25) is 4.79 Å². The van der Waals surface area contributed by atoms with Crippen molar-refractivity contribution in [2.24, 2.45) is 5.92 Å². The lowest BCUT2D eigenvalue weighted by atomic mass is 9.95. The molecule has 12 heavy (non-hydrogen) atoms. The van der Waals surface area contributed by atoms with Gasteiger partial charge in [-0.15, -0.1) is 0 Å². The lowest BCUT2D eigenvalue weighted by Crippen LogP contribution is -2.19. The molecule has 0 aromatic carbocycles. The zero-order valence-electron chi connectivity index (χ0n) is 7.18. The number of ether oxygens (including phenoxy) is 1. The van der Waals surface area contributed by atoms with Gasteiger partial charge in [-0.05, 0) is 52.4 Å². The molecule has 0 bridgehead atoms. The van der Waals surface area contributed by atoms with Crippen LogP contribution in [0.5, 0.6) is 0 Å². The highest BCUT2D eigenvalue weighted by Gasteiger charge is 2.22. The Balaban J connectivity index is 2.43. The molecule has 0 aromatic rings. The topological polar surface area (TPSA) is 26.3 Å². The van der Waals surface area contributed by atoms with E-state index < -0.39 is 0 Å². The monoisotopic (exact) mass is 280 g/mol. The number of halogens is 1. The molecule has 0 saturated heterocycles. The summed E-state index contributed by atoms with van der Waals surface area (Å²) < 4.78 is 6.25. The van der Waals surface area contributed by atoms with E-state index in [1.165, 1.54) is 3.58 Å². The van der Waals surface area contributed by atoms with E-state index >= 15 is 0 Å². The Morgan fingerprint density at radius 1 is 1.83 bits per heavy atom. The summed E-state index contributed by atoms with van der Waals surface area (Å²) in [5, 5.41) is 0. The zero-order valence-corrected chi connectivity index (χ0v) is 9.34. The van der Waals surface area contributed by atoms with E-state index in [4.69, 9.17) is 4.74 Å². The van der Waals surface area contributed by atoms with E-state index in [1.807, 2.05) is 6.92 Å². The molecule has 1 rings (SSSR count). The van der Waals surface area contributed by atoms with Crippen LogP contribution in [-0.4, -0.2) is 12.6 Å². The quantitative estimate of drug-likeness (QED) is 0.574. The summed E-state index contributed by atoms with van der Waals surface area (Å²) in [4.78, 5) is 11.3. The fraction of sp³-hybridized carbons (Fsp3) is 0.667.